The number of nitrogens with one attached hydrogen (secondary N) is 1. The Morgan fingerprint density at radius 2 is 1.50 bits per heavy atom. The van der Waals surface area contributed by atoms with E-state index < -0.39 is 43.7 Å². The minimum atomic E-state index is -3.30. The Morgan fingerprint density at radius 1 is 1.00 bits per heavy atom. The number of halogens is 2. The van der Waals surface area contributed by atoms with Gasteiger partial charge in [-0.2, -0.15) is 0 Å². The molecule has 2 aliphatic heterocycles. The molecule has 0 saturated carbocycles. The number of carboxylic acids is 1. The number of anilines is 1. The van der Waals surface area contributed by atoms with Crippen molar-refractivity contribution in [3.8, 4) is 0 Å². The molecule has 14 heteroatoms. The third kappa shape index (κ3) is 8.45. The highest BCUT2D eigenvalue weighted by atomic mass is 35.5. The number of nitrogens with zero attached hydrogens (tertiary/aromatic N) is 2. The predicted octanol–water partition coefficient (Wildman–Crippen LogP) is 1.83. The van der Waals surface area contributed by atoms with Crippen LogP contribution in [0, 0.1) is 17.7 Å². The molecule has 1 aromatic rings. The standard InChI is InChI=1S/C13H16ClFN2O3S.C7H13NO4S/c1-21(19,20)17-6-2-3-9(8-17)13(18)16-10-4-5-11(14)12(15)7-10;1-13(11,12)8-4-2-3-6(5-8)7(9)10/h4-5,7,9H,2-3,6,8H2,1H3,(H,16,18);6H,2-5H2,1H3,(H,9,10)/t9-;6-/m00/s1. The number of carboxylic acid groups (broad SMARTS) is 1. The minimum Gasteiger partial charge on any atom is -0.481 e. The second-order valence-corrected chi connectivity index (χ2v) is 12.7. The number of carbonyl (C=O) groups is 2. The Labute approximate surface area is 204 Å². The zero-order valence-electron chi connectivity index (χ0n) is 18.9. The summed E-state index contributed by atoms with van der Waals surface area (Å²) in [6.45, 7) is 1.15. The summed E-state index contributed by atoms with van der Waals surface area (Å²) < 4.78 is 61.1. The van der Waals surface area contributed by atoms with E-state index in [1.54, 1.807) is 0 Å². The molecule has 34 heavy (non-hydrogen) atoms. The number of amides is 1. The van der Waals surface area contributed by atoms with Gasteiger partial charge in [-0.25, -0.2) is 29.8 Å². The number of hydrogen-bond acceptors (Lipinski definition) is 6. The zero-order valence-corrected chi connectivity index (χ0v) is 21.3. The first-order chi connectivity index (χ1) is 15.7. The zero-order chi connectivity index (χ0) is 25.7. The highest BCUT2D eigenvalue weighted by Crippen LogP contribution is 2.23. The number of piperidine rings is 2. The highest BCUT2D eigenvalue weighted by molar-refractivity contribution is 7.88. The van der Waals surface area contributed by atoms with E-state index in [1.165, 1.54) is 20.7 Å². The fourth-order valence-electron chi connectivity index (χ4n) is 3.72. The monoisotopic (exact) mass is 541 g/mol. The van der Waals surface area contributed by atoms with Gasteiger partial charge in [0.2, 0.25) is 26.0 Å². The summed E-state index contributed by atoms with van der Waals surface area (Å²) in [4.78, 5) is 22.8. The van der Waals surface area contributed by atoms with Crippen LogP contribution in [0.3, 0.4) is 0 Å². The van der Waals surface area contributed by atoms with Gasteiger partial charge >= 0.3 is 5.97 Å². The van der Waals surface area contributed by atoms with Crippen molar-refractivity contribution in [2.45, 2.75) is 25.7 Å². The SMILES string of the molecule is CS(=O)(=O)N1CCC[C@H](C(=O)Nc2ccc(Cl)c(F)c2)C1.CS(=O)(=O)N1CCC[C@H](C(=O)O)C1. The van der Waals surface area contributed by atoms with Crippen LogP contribution >= 0.6 is 11.6 Å². The molecule has 0 bridgehead atoms. The number of rotatable bonds is 5. The highest BCUT2D eigenvalue weighted by Gasteiger charge is 2.31. The number of hydrogen-bond donors (Lipinski definition) is 2. The fourth-order valence-corrected chi connectivity index (χ4v) is 5.66. The third-order valence-electron chi connectivity index (χ3n) is 5.61. The van der Waals surface area contributed by atoms with Crippen molar-refractivity contribution in [1.82, 2.24) is 8.61 Å². The van der Waals surface area contributed by atoms with E-state index in [2.05, 4.69) is 5.32 Å². The van der Waals surface area contributed by atoms with E-state index >= 15 is 0 Å². The van der Waals surface area contributed by atoms with E-state index in [1.807, 2.05) is 0 Å². The van der Waals surface area contributed by atoms with Gasteiger partial charge in [-0.05, 0) is 43.9 Å². The molecule has 10 nitrogen and oxygen atoms in total. The van der Waals surface area contributed by atoms with Crippen LogP contribution in [0.15, 0.2) is 18.2 Å². The van der Waals surface area contributed by atoms with E-state index in [9.17, 15) is 30.8 Å². The van der Waals surface area contributed by atoms with Gasteiger partial charge in [0.1, 0.15) is 5.82 Å². The lowest BCUT2D eigenvalue weighted by Gasteiger charge is -2.30. The molecule has 1 aromatic carbocycles. The molecule has 2 aliphatic rings. The third-order valence-corrected chi connectivity index (χ3v) is 8.46. The topological polar surface area (TPSA) is 141 Å². The quantitative estimate of drug-likeness (QED) is 0.579. The van der Waals surface area contributed by atoms with Crippen molar-refractivity contribution in [2.75, 3.05) is 44.0 Å². The normalized spacial score (nSPS) is 22.4. The summed E-state index contributed by atoms with van der Waals surface area (Å²) in [5.41, 5.74) is 0.304. The van der Waals surface area contributed by atoms with Crippen molar-refractivity contribution in [2.24, 2.45) is 11.8 Å². The van der Waals surface area contributed by atoms with Gasteiger partial charge in [0.05, 0.1) is 29.4 Å². The Morgan fingerprint density at radius 3 is 1.97 bits per heavy atom. The van der Waals surface area contributed by atoms with Crippen LogP contribution in [0.25, 0.3) is 0 Å². The molecule has 3 rings (SSSR count). The van der Waals surface area contributed by atoms with Gasteiger partial charge in [0, 0.05) is 31.9 Å². The molecular weight excluding hydrogens is 513 g/mol. The maximum absolute atomic E-state index is 13.3. The first kappa shape index (κ1) is 28.4. The van der Waals surface area contributed by atoms with Gasteiger partial charge in [0.25, 0.3) is 0 Å². The first-order valence-electron chi connectivity index (χ1n) is 10.6. The number of carbonyl (C=O) groups excluding carboxylic acids is 1. The summed E-state index contributed by atoms with van der Waals surface area (Å²) in [7, 11) is -6.52. The maximum Gasteiger partial charge on any atom is 0.307 e. The Balaban J connectivity index is 0.000000270. The van der Waals surface area contributed by atoms with E-state index in [0.29, 0.717) is 44.5 Å². The lowest BCUT2D eigenvalue weighted by atomic mass is 9.99. The largest absolute Gasteiger partial charge is 0.481 e. The lowest BCUT2D eigenvalue weighted by molar-refractivity contribution is -0.142. The van der Waals surface area contributed by atoms with Crippen LogP contribution in [-0.2, 0) is 29.6 Å². The van der Waals surface area contributed by atoms with Gasteiger partial charge < -0.3 is 10.4 Å². The summed E-state index contributed by atoms with van der Waals surface area (Å²) in [5, 5.41) is 11.3. The van der Waals surface area contributed by atoms with Crippen molar-refractivity contribution in [3.63, 3.8) is 0 Å². The fraction of sp³-hybridized carbons (Fsp3) is 0.600. The maximum atomic E-state index is 13.3. The molecule has 0 unspecified atom stereocenters. The Kier molecular flexibility index (Phi) is 9.83. The molecule has 2 heterocycles. The molecule has 192 valence electrons. The predicted molar refractivity (Wildman–Crippen MR) is 126 cm³/mol. The molecule has 0 aliphatic carbocycles. The summed E-state index contributed by atoms with van der Waals surface area (Å²) in [5.74, 6) is -2.81. The molecular formula is C20H29ClFN3O7S2. The second kappa shape index (κ2) is 11.8. The van der Waals surface area contributed by atoms with Crippen molar-refractivity contribution < 1.29 is 35.9 Å². The molecule has 1 amide bonds. The van der Waals surface area contributed by atoms with Crippen LogP contribution in [0.4, 0.5) is 10.1 Å². The number of benzene rings is 1. The van der Waals surface area contributed by atoms with Crippen molar-refractivity contribution >= 4 is 49.2 Å². The number of aliphatic carboxylic acids is 1. The van der Waals surface area contributed by atoms with Crippen molar-refractivity contribution in [1.29, 1.82) is 0 Å². The molecule has 0 aromatic heterocycles. The minimum absolute atomic E-state index is 0.0195. The summed E-state index contributed by atoms with van der Waals surface area (Å²) in [6, 6.07) is 3.99. The summed E-state index contributed by atoms with van der Waals surface area (Å²) in [6.07, 6.45) is 4.67. The molecule has 2 saturated heterocycles. The average Bonchev–Trinajstić information content (AvgIpc) is 2.76. The molecule has 2 fully saturated rings. The van der Waals surface area contributed by atoms with Crippen LogP contribution in [-0.4, -0.2) is 81.1 Å². The van der Waals surface area contributed by atoms with Crippen LogP contribution < -0.4 is 5.32 Å². The second-order valence-electron chi connectivity index (χ2n) is 8.38. The Hall–Kier alpha value is -1.80. The molecule has 2 N–H and O–H groups in total. The number of sulfonamides is 2. The van der Waals surface area contributed by atoms with E-state index in [0.717, 1.165) is 18.6 Å². The Bertz CT molecular complexity index is 1120. The smallest absolute Gasteiger partial charge is 0.307 e. The van der Waals surface area contributed by atoms with Crippen LogP contribution in [0.1, 0.15) is 25.7 Å². The summed E-state index contributed by atoms with van der Waals surface area (Å²) >= 11 is 5.57. The van der Waals surface area contributed by atoms with E-state index in [4.69, 9.17) is 16.7 Å². The van der Waals surface area contributed by atoms with Crippen molar-refractivity contribution in [3.05, 3.63) is 29.0 Å². The van der Waals surface area contributed by atoms with Crippen LogP contribution in [0.2, 0.25) is 5.02 Å². The lowest BCUT2D eigenvalue weighted by Crippen LogP contribution is -2.43. The molecule has 0 radical (unpaired) electrons. The van der Waals surface area contributed by atoms with Gasteiger partial charge in [-0.1, -0.05) is 11.6 Å². The molecule has 0 spiro atoms. The van der Waals surface area contributed by atoms with Crippen LogP contribution in [0.5, 0.6) is 0 Å². The van der Waals surface area contributed by atoms with E-state index in [-0.39, 0.29) is 24.0 Å². The average molecular weight is 542 g/mol. The molecule has 2 atom stereocenters. The van der Waals surface area contributed by atoms with Gasteiger partial charge in [-0.15, -0.1) is 0 Å². The van der Waals surface area contributed by atoms with Gasteiger partial charge in [0.15, 0.2) is 0 Å². The van der Waals surface area contributed by atoms with Gasteiger partial charge in [-0.3, -0.25) is 9.59 Å². The first-order valence-corrected chi connectivity index (χ1v) is 14.6.